The van der Waals surface area contributed by atoms with Gasteiger partial charge in [-0.25, -0.2) is 15.0 Å². The quantitative estimate of drug-likeness (QED) is 0.186. The van der Waals surface area contributed by atoms with Crippen LogP contribution in [0.3, 0.4) is 0 Å². The van der Waals surface area contributed by atoms with Gasteiger partial charge < -0.3 is 4.42 Å². The summed E-state index contributed by atoms with van der Waals surface area (Å²) in [5.41, 5.74) is 9.76. The highest BCUT2D eigenvalue weighted by Gasteiger charge is 2.24. The van der Waals surface area contributed by atoms with Crippen molar-refractivity contribution in [1.29, 1.82) is 0 Å². The molecule has 0 saturated carbocycles. The van der Waals surface area contributed by atoms with Crippen molar-refractivity contribution < 1.29 is 4.42 Å². The number of hydrogen-bond donors (Lipinski definition) is 0. The predicted molar refractivity (Wildman–Crippen MR) is 216 cm³/mol. The van der Waals surface area contributed by atoms with Crippen LogP contribution >= 0.6 is 11.3 Å². The molecule has 3 aromatic heterocycles. The molecule has 3 heterocycles. The highest BCUT2D eigenvalue weighted by molar-refractivity contribution is 7.26. The third-order valence-electron chi connectivity index (χ3n) is 10.6. The molecule has 0 aliphatic heterocycles. The molecule has 52 heavy (non-hydrogen) atoms. The van der Waals surface area contributed by atoms with E-state index < -0.39 is 0 Å². The first-order chi connectivity index (χ1) is 25.7. The molecule has 0 saturated heterocycles. The van der Waals surface area contributed by atoms with Gasteiger partial charge in [0.05, 0.1) is 0 Å². The summed E-state index contributed by atoms with van der Waals surface area (Å²) in [6, 6.07) is 53.8. The average Bonchev–Trinajstić information content (AvgIpc) is 3.86. The second-order valence-electron chi connectivity index (χ2n) is 13.6. The van der Waals surface area contributed by atoms with E-state index in [0.717, 1.165) is 44.0 Å². The zero-order valence-electron chi connectivity index (χ0n) is 27.6. The zero-order valence-corrected chi connectivity index (χ0v) is 28.4. The van der Waals surface area contributed by atoms with E-state index in [1.54, 1.807) is 0 Å². The fourth-order valence-corrected chi connectivity index (χ4v) is 9.40. The van der Waals surface area contributed by atoms with Crippen LogP contribution in [0, 0.1) is 0 Å². The number of fused-ring (bicyclic) bond motifs is 10. The number of benzene rings is 8. The minimum absolute atomic E-state index is 0.625. The van der Waals surface area contributed by atoms with Crippen LogP contribution in [0.5, 0.6) is 0 Å². The van der Waals surface area contributed by atoms with Gasteiger partial charge in [0, 0.05) is 47.6 Å². The van der Waals surface area contributed by atoms with Crippen LogP contribution in [0.4, 0.5) is 0 Å². The lowest BCUT2D eigenvalue weighted by Gasteiger charge is -2.10. The number of rotatable bonds is 3. The summed E-state index contributed by atoms with van der Waals surface area (Å²) >= 11 is 1.83. The number of furan rings is 1. The summed E-state index contributed by atoms with van der Waals surface area (Å²) < 4.78 is 8.64. The Labute approximate surface area is 301 Å². The Morgan fingerprint density at radius 1 is 0.365 bits per heavy atom. The molecule has 12 rings (SSSR count). The van der Waals surface area contributed by atoms with Crippen LogP contribution in [0.1, 0.15) is 0 Å². The van der Waals surface area contributed by atoms with E-state index in [1.165, 1.54) is 58.6 Å². The van der Waals surface area contributed by atoms with E-state index >= 15 is 0 Å². The van der Waals surface area contributed by atoms with Crippen molar-refractivity contribution in [2.45, 2.75) is 0 Å². The largest absolute Gasteiger partial charge is 0.456 e. The van der Waals surface area contributed by atoms with E-state index in [0.29, 0.717) is 17.5 Å². The lowest BCUT2D eigenvalue weighted by atomic mass is 9.99. The fourth-order valence-electron chi connectivity index (χ4n) is 8.24. The average molecular weight is 680 g/mol. The van der Waals surface area contributed by atoms with Gasteiger partial charge in [0.25, 0.3) is 0 Å². The first-order valence-corrected chi connectivity index (χ1v) is 18.2. The lowest BCUT2D eigenvalue weighted by molar-refractivity contribution is 0.669. The standard InChI is InChI=1S/C47H25N3OS/c1-2-9-28-22-29(19-18-26(28)8-1)45-48-46(30-20-21-40-37(23-30)31-12-3-4-16-39(31)51-40)50-47(49-45)34-15-7-17-41-44(34)38-24-35-32-13-5-10-27-11-6-14-33(43(27)32)36(35)25-42(38)52-41/h1-25H. The highest BCUT2D eigenvalue weighted by atomic mass is 32.1. The molecule has 0 radical (unpaired) electrons. The summed E-state index contributed by atoms with van der Waals surface area (Å²) in [4.78, 5) is 15.7. The lowest BCUT2D eigenvalue weighted by Crippen LogP contribution is -2.00. The molecule has 4 nitrogen and oxygen atoms in total. The van der Waals surface area contributed by atoms with Crippen LogP contribution < -0.4 is 0 Å². The van der Waals surface area contributed by atoms with Gasteiger partial charge in [-0.15, -0.1) is 11.3 Å². The molecular formula is C47H25N3OS. The molecular weight excluding hydrogens is 655 g/mol. The van der Waals surface area contributed by atoms with E-state index in [9.17, 15) is 0 Å². The Hall–Kier alpha value is -6.69. The van der Waals surface area contributed by atoms with Crippen LogP contribution in [-0.4, -0.2) is 15.0 Å². The molecule has 1 aliphatic rings. The van der Waals surface area contributed by atoms with Crippen molar-refractivity contribution in [3.63, 3.8) is 0 Å². The molecule has 0 unspecified atom stereocenters. The minimum atomic E-state index is 0.625. The third-order valence-corrected chi connectivity index (χ3v) is 11.8. The summed E-state index contributed by atoms with van der Waals surface area (Å²) in [7, 11) is 0. The number of nitrogens with zero attached hydrogens (tertiary/aromatic N) is 3. The maximum Gasteiger partial charge on any atom is 0.164 e. The Balaban J connectivity index is 1.11. The summed E-state index contributed by atoms with van der Waals surface area (Å²) in [6.45, 7) is 0. The van der Waals surface area contributed by atoms with Gasteiger partial charge in [0.15, 0.2) is 17.5 Å². The van der Waals surface area contributed by atoms with Crippen molar-refractivity contribution in [2.75, 3.05) is 0 Å². The van der Waals surface area contributed by atoms with Gasteiger partial charge in [-0.1, -0.05) is 103 Å². The van der Waals surface area contributed by atoms with E-state index in [2.05, 4.69) is 127 Å². The monoisotopic (exact) mass is 679 g/mol. The minimum Gasteiger partial charge on any atom is -0.456 e. The normalized spacial score (nSPS) is 12.2. The Kier molecular flexibility index (Phi) is 5.62. The van der Waals surface area contributed by atoms with Crippen molar-refractivity contribution >= 4 is 75.0 Å². The second-order valence-corrected chi connectivity index (χ2v) is 14.6. The van der Waals surface area contributed by atoms with Gasteiger partial charge in [-0.3, -0.25) is 0 Å². The fraction of sp³-hybridized carbons (Fsp3) is 0. The molecule has 0 amide bonds. The van der Waals surface area contributed by atoms with Crippen LogP contribution in [0.2, 0.25) is 0 Å². The summed E-state index contributed by atoms with van der Waals surface area (Å²) in [5.74, 6) is 1.92. The van der Waals surface area contributed by atoms with Gasteiger partial charge in [-0.2, -0.15) is 0 Å². The second kappa shape index (κ2) is 10.4. The van der Waals surface area contributed by atoms with Crippen molar-refractivity contribution in [3.8, 4) is 56.4 Å². The zero-order chi connectivity index (χ0) is 33.9. The molecule has 11 aromatic rings. The van der Waals surface area contributed by atoms with E-state index in [4.69, 9.17) is 19.4 Å². The maximum absolute atomic E-state index is 6.17. The van der Waals surface area contributed by atoms with Gasteiger partial charge in [0.1, 0.15) is 11.2 Å². The van der Waals surface area contributed by atoms with Gasteiger partial charge in [-0.05, 0) is 92.3 Å². The van der Waals surface area contributed by atoms with Crippen LogP contribution in [0.15, 0.2) is 156 Å². The van der Waals surface area contributed by atoms with Crippen LogP contribution in [0.25, 0.3) is 120 Å². The first kappa shape index (κ1) is 28.1. The molecule has 0 spiro atoms. The van der Waals surface area contributed by atoms with Crippen molar-refractivity contribution in [2.24, 2.45) is 0 Å². The van der Waals surface area contributed by atoms with Crippen molar-refractivity contribution in [3.05, 3.63) is 152 Å². The van der Waals surface area contributed by atoms with E-state index in [-0.39, 0.29) is 0 Å². The summed E-state index contributed by atoms with van der Waals surface area (Å²) in [5, 5.41) is 9.45. The Bertz CT molecular complexity index is 3310. The molecule has 0 atom stereocenters. The smallest absolute Gasteiger partial charge is 0.164 e. The predicted octanol–water partition coefficient (Wildman–Crippen LogP) is 13.1. The molecule has 1 aliphatic carbocycles. The SMILES string of the molecule is c1ccc2cc(-c3nc(-c4ccc5oc6ccccc6c5c4)nc(-c4cccc5sc6cc7c(cc6c45)-c4cccc5cccc-7c45)n3)ccc2c1. The Morgan fingerprint density at radius 2 is 1.02 bits per heavy atom. The van der Waals surface area contributed by atoms with Gasteiger partial charge >= 0.3 is 0 Å². The first-order valence-electron chi connectivity index (χ1n) is 17.4. The number of thiophene rings is 1. The van der Waals surface area contributed by atoms with E-state index in [1.807, 2.05) is 35.6 Å². The number of aromatic nitrogens is 3. The molecule has 5 heteroatoms. The Morgan fingerprint density at radius 3 is 1.88 bits per heavy atom. The number of para-hydroxylation sites is 1. The highest BCUT2D eigenvalue weighted by Crippen LogP contribution is 2.51. The maximum atomic E-state index is 6.17. The number of hydrogen-bond acceptors (Lipinski definition) is 5. The van der Waals surface area contributed by atoms with Crippen LogP contribution in [-0.2, 0) is 0 Å². The topological polar surface area (TPSA) is 51.8 Å². The molecule has 0 N–H and O–H groups in total. The molecule has 0 bridgehead atoms. The molecule has 240 valence electrons. The molecule has 8 aromatic carbocycles. The summed E-state index contributed by atoms with van der Waals surface area (Å²) in [6.07, 6.45) is 0. The van der Waals surface area contributed by atoms with Gasteiger partial charge in [0.2, 0.25) is 0 Å². The third kappa shape index (κ3) is 3.99. The van der Waals surface area contributed by atoms with Crippen molar-refractivity contribution in [1.82, 2.24) is 15.0 Å². The molecule has 0 fully saturated rings.